The fourth-order valence-corrected chi connectivity index (χ4v) is 1.81. The van der Waals surface area contributed by atoms with Gasteiger partial charge in [0.1, 0.15) is 0 Å². The van der Waals surface area contributed by atoms with Crippen LogP contribution in [0.2, 0.25) is 0 Å². The summed E-state index contributed by atoms with van der Waals surface area (Å²) in [5, 5.41) is 0. The highest BCUT2D eigenvalue weighted by Gasteiger charge is 2.31. The lowest BCUT2D eigenvalue weighted by Crippen LogP contribution is -2.20. The first kappa shape index (κ1) is 11.7. The number of halogens is 3. The highest BCUT2D eigenvalue weighted by atomic mass is 19.4. The van der Waals surface area contributed by atoms with E-state index in [4.69, 9.17) is 0 Å². The maximum Gasteiger partial charge on any atom is 0.392 e. The quantitative estimate of drug-likeness (QED) is 0.692. The van der Waals surface area contributed by atoms with Crippen LogP contribution in [0.1, 0.15) is 12.0 Å². The lowest BCUT2D eigenvalue weighted by atomic mass is 10.1. The van der Waals surface area contributed by atoms with Crippen molar-refractivity contribution in [3.63, 3.8) is 0 Å². The van der Waals surface area contributed by atoms with E-state index in [-0.39, 0.29) is 5.57 Å². The summed E-state index contributed by atoms with van der Waals surface area (Å²) in [7, 11) is 1.55. The largest absolute Gasteiger partial charge is 0.392 e. The Bertz CT molecular complexity index is 491. The number of alkyl halides is 3. The Morgan fingerprint density at radius 1 is 1.29 bits per heavy atom. The smallest absolute Gasteiger partial charge is 0.311 e. The van der Waals surface area contributed by atoms with Crippen LogP contribution >= 0.6 is 0 Å². The molecule has 0 atom stereocenters. The first-order valence-corrected chi connectivity index (χ1v) is 5.04. The van der Waals surface area contributed by atoms with E-state index < -0.39 is 18.5 Å². The highest BCUT2D eigenvalue weighted by molar-refractivity contribution is 6.32. The summed E-state index contributed by atoms with van der Waals surface area (Å²) in [6, 6.07) is 6.81. The Hall–Kier alpha value is -1.78. The number of hydrogen-bond donors (Lipinski definition) is 0. The predicted molar refractivity (Wildman–Crippen MR) is 58.5 cm³/mol. The van der Waals surface area contributed by atoms with Gasteiger partial charge in [0.15, 0.2) is 0 Å². The van der Waals surface area contributed by atoms with Crippen molar-refractivity contribution >= 4 is 17.2 Å². The minimum Gasteiger partial charge on any atom is -0.311 e. The molecule has 2 rings (SSSR count). The van der Waals surface area contributed by atoms with E-state index in [2.05, 4.69) is 0 Å². The van der Waals surface area contributed by atoms with Crippen LogP contribution in [-0.2, 0) is 4.79 Å². The van der Waals surface area contributed by atoms with Crippen LogP contribution < -0.4 is 4.90 Å². The number of para-hydroxylation sites is 1. The number of allylic oxidation sites excluding steroid dienone is 1. The van der Waals surface area contributed by atoms with Crippen molar-refractivity contribution in [3.05, 3.63) is 35.9 Å². The van der Waals surface area contributed by atoms with Gasteiger partial charge >= 0.3 is 6.18 Å². The van der Waals surface area contributed by atoms with E-state index in [1.165, 1.54) is 4.90 Å². The zero-order valence-corrected chi connectivity index (χ0v) is 9.08. The molecule has 0 fully saturated rings. The van der Waals surface area contributed by atoms with E-state index in [0.29, 0.717) is 11.3 Å². The van der Waals surface area contributed by atoms with Gasteiger partial charge in [0.25, 0.3) is 5.91 Å². The molecule has 0 saturated heterocycles. The van der Waals surface area contributed by atoms with E-state index in [0.717, 1.165) is 6.08 Å². The average Bonchev–Trinajstić information content (AvgIpc) is 2.49. The van der Waals surface area contributed by atoms with Crippen molar-refractivity contribution in [2.75, 3.05) is 11.9 Å². The van der Waals surface area contributed by atoms with Gasteiger partial charge in [0.2, 0.25) is 0 Å². The molecular formula is C12H10F3NO. The summed E-state index contributed by atoms with van der Waals surface area (Å²) in [5.41, 5.74) is 1.33. The summed E-state index contributed by atoms with van der Waals surface area (Å²) in [5.74, 6) is -0.393. The maximum atomic E-state index is 12.1. The van der Waals surface area contributed by atoms with Gasteiger partial charge < -0.3 is 4.90 Å². The molecule has 1 amide bonds. The minimum absolute atomic E-state index is 0.125. The average molecular weight is 241 g/mol. The standard InChI is InChI=1S/C12H10F3NO/c1-16-10-5-3-2-4-8(10)9(11(16)17)6-7-12(13,14)15/h2-6H,7H2,1H3/b9-6+. The van der Waals surface area contributed by atoms with E-state index in [1.807, 2.05) is 0 Å². The summed E-state index contributed by atoms with van der Waals surface area (Å²) in [6.45, 7) is 0. The normalized spacial score (nSPS) is 17.8. The van der Waals surface area contributed by atoms with Crippen LogP contribution in [-0.4, -0.2) is 19.1 Å². The molecule has 0 unspecified atom stereocenters. The number of nitrogens with zero attached hydrogens (tertiary/aromatic N) is 1. The topological polar surface area (TPSA) is 20.3 Å². The molecule has 0 aromatic heterocycles. The summed E-state index contributed by atoms with van der Waals surface area (Å²) in [6.07, 6.45) is -4.43. The molecule has 90 valence electrons. The molecule has 17 heavy (non-hydrogen) atoms. The number of carbonyl (C=O) groups excluding carboxylic acids is 1. The molecule has 0 spiro atoms. The van der Waals surface area contributed by atoms with Gasteiger partial charge in [-0.15, -0.1) is 0 Å². The summed E-state index contributed by atoms with van der Waals surface area (Å²) in [4.78, 5) is 13.1. The number of rotatable bonds is 1. The van der Waals surface area contributed by atoms with Gasteiger partial charge in [-0.3, -0.25) is 4.79 Å². The van der Waals surface area contributed by atoms with Gasteiger partial charge in [-0.05, 0) is 6.07 Å². The molecule has 0 N–H and O–H groups in total. The number of hydrogen-bond acceptors (Lipinski definition) is 1. The van der Waals surface area contributed by atoms with Gasteiger partial charge in [-0.2, -0.15) is 13.2 Å². The zero-order chi connectivity index (χ0) is 12.6. The second-order valence-corrected chi connectivity index (χ2v) is 3.82. The molecule has 2 nitrogen and oxygen atoms in total. The Kier molecular flexibility index (Phi) is 2.69. The van der Waals surface area contributed by atoms with Crippen molar-refractivity contribution in [2.24, 2.45) is 0 Å². The molecule has 0 aliphatic carbocycles. The van der Waals surface area contributed by atoms with Crippen molar-refractivity contribution in [3.8, 4) is 0 Å². The third-order valence-corrected chi connectivity index (χ3v) is 2.63. The van der Waals surface area contributed by atoms with Crippen molar-refractivity contribution < 1.29 is 18.0 Å². The first-order valence-electron chi connectivity index (χ1n) is 5.04. The third-order valence-electron chi connectivity index (χ3n) is 2.63. The van der Waals surface area contributed by atoms with E-state index >= 15 is 0 Å². The number of benzene rings is 1. The van der Waals surface area contributed by atoms with Gasteiger partial charge in [0.05, 0.1) is 12.1 Å². The van der Waals surface area contributed by atoms with Crippen LogP contribution in [0, 0.1) is 0 Å². The zero-order valence-electron chi connectivity index (χ0n) is 9.08. The Labute approximate surface area is 96.3 Å². The predicted octanol–water partition coefficient (Wildman–Crippen LogP) is 3.00. The van der Waals surface area contributed by atoms with Crippen LogP contribution in [0.3, 0.4) is 0 Å². The van der Waals surface area contributed by atoms with Crippen molar-refractivity contribution in [1.29, 1.82) is 0 Å². The van der Waals surface area contributed by atoms with Crippen molar-refractivity contribution in [1.82, 2.24) is 0 Å². The fourth-order valence-electron chi connectivity index (χ4n) is 1.81. The number of fused-ring (bicyclic) bond motifs is 1. The lowest BCUT2D eigenvalue weighted by Gasteiger charge is -2.08. The van der Waals surface area contributed by atoms with Crippen LogP contribution in [0.15, 0.2) is 30.3 Å². The molecule has 5 heteroatoms. The minimum atomic E-state index is -4.29. The van der Waals surface area contributed by atoms with Gasteiger partial charge in [-0.25, -0.2) is 0 Å². The number of likely N-dealkylation sites (N-methyl/N-ethyl adjacent to an activating group) is 1. The molecule has 1 heterocycles. The third kappa shape index (κ3) is 2.18. The number of anilines is 1. The van der Waals surface area contributed by atoms with Crippen LogP contribution in [0.4, 0.5) is 18.9 Å². The monoisotopic (exact) mass is 241 g/mol. The number of amides is 1. The van der Waals surface area contributed by atoms with Crippen LogP contribution in [0.25, 0.3) is 5.57 Å². The lowest BCUT2D eigenvalue weighted by molar-refractivity contribution is -0.124. The second-order valence-electron chi connectivity index (χ2n) is 3.82. The van der Waals surface area contributed by atoms with Gasteiger partial charge in [0, 0.05) is 18.2 Å². The van der Waals surface area contributed by atoms with Crippen molar-refractivity contribution in [2.45, 2.75) is 12.6 Å². The van der Waals surface area contributed by atoms with Crippen LogP contribution in [0.5, 0.6) is 0 Å². The number of carbonyl (C=O) groups is 1. The molecular weight excluding hydrogens is 231 g/mol. The molecule has 0 saturated carbocycles. The molecule has 1 aliphatic rings. The molecule has 1 aromatic rings. The van der Waals surface area contributed by atoms with E-state index in [1.54, 1.807) is 31.3 Å². The van der Waals surface area contributed by atoms with E-state index in [9.17, 15) is 18.0 Å². The maximum absolute atomic E-state index is 12.1. The highest BCUT2D eigenvalue weighted by Crippen LogP contribution is 2.36. The molecule has 0 bridgehead atoms. The second kappa shape index (κ2) is 3.91. The molecule has 1 aromatic carbocycles. The Balaban J connectivity index is 2.40. The SMILES string of the molecule is CN1C(=O)/C(=C/CC(F)(F)F)c2ccccc21. The Morgan fingerprint density at radius 2 is 1.94 bits per heavy atom. The molecule has 1 aliphatic heterocycles. The summed E-state index contributed by atoms with van der Waals surface area (Å²) < 4.78 is 36.4. The molecule has 0 radical (unpaired) electrons. The fraction of sp³-hybridized carbons (Fsp3) is 0.250. The first-order chi connectivity index (χ1) is 7.90. The Morgan fingerprint density at radius 3 is 2.59 bits per heavy atom. The van der Waals surface area contributed by atoms with Gasteiger partial charge in [-0.1, -0.05) is 24.3 Å². The summed E-state index contributed by atoms with van der Waals surface area (Å²) >= 11 is 0.